The van der Waals surface area contributed by atoms with Crippen LogP contribution in [0.2, 0.25) is 0 Å². The van der Waals surface area contributed by atoms with Gasteiger partial charge in [-0.15, -0.1) is 0 Å². The van der Waals surface area contributed by atoms with Crippen LogP contribution in [0.15, 0.2) is 42.6 Å². The molecule has 8 heteroatoms. The first kappa shape index (κ1) is 18.5. The summed E-state index contributed by atoms with van der Waals surface area (Å²) in [7, 11) is 1.64. The lowest BCUT2D eigenvalue weighted by molar-refractivity contribution is 0.249. The molecule has 0 bridgehead atoms. The summed E-state index contributed by atoms with van der Waals surface area (Å²) >= 11 is 0. The van der Waals surface area contributed by atoms with Crippen LogP contribution in [0.3, 0.4) is 0 Å². The van der Waals surface area contributed by atoms with E-state index in [0.29, 0.717) is 18.8 Å². The molecule has 142 valence electrons. The molecule has 3 N–H and O–H groups in total. The Morgan fingerprint density at radius 2 is 2.15 bits per heavy atom. The van der Waals surface area contributed by atoms with Crippen LogP contribution in [-0.4, -0.2) is 39.2 Å². The standard InChI is InChI=1S/C19H24N6O2/c1-13(10-16-11-14(2)23-24-16)21-19(26)22-18-8-9-20-25(18)12-15-6-4-5-7-17(15)27-3/h4-9,11,13H,10,12H2,1-3H3,(H,23,24)(H2,21,22,26). The highest BCUT2D eigenvalue weighted by Crippen LogP contribution is 2.20. The van der Waals surface area contributed by atoms with Gasteiger partial charge in [-0.25, -0.2) is 9.48 Å². The van der Waals surface area contributed by atoms with Gasteiger partial charge in [0.15, 0.2) is 0 Å². The number of carbonyl (C=O) groups is 1. The molecule has 0 saturated heterocycles. The van der Waals surface area contributed by atoms with Crippen LogP contribution in [0, 0.1) is 6.92 Å². The number of methoxy groups -OCH3 is 1. The maximum atomic E-state index is 12.3. The summed E-state index contributed by atoms with van der Waals surface area (Å²) in [6, 6.07) is 11.1. The molecular formula is C19H24N6O2. The number of nitrogens with zero attached hydrogens (tertiary/aromatic N) is 3. The number of aromatic nitrogens is 4. The average Bonchev–Trinajstić information content (AvgIpc) is 3.24. The number of aromatic amines is 1. The van der Waals surface area contributed by atoms with E-state index in [2.05, 4.69) is 25.9 Å². The summed E-state index contributed by atoms with van der Waals surface area (Å²) in [4.78, 5) is 12.3. The number of anilines is 1. The van der Waals surface area contributed by atoms with Crippen LogP contribution in [0.25, 0.3) is 0 Å². The molecule has 2 amide bonds. The molecule has 0 aliphatic heterocycles. The van der Waals surface area contributed by atoms with E-state index in [9.17, 15) is 4.79 Å². The predicted octanol–water partition coefficient (Wildman–Crippen LogP) is 2.72. The van der Waals surface area contributed by atoms with Gasteiger partial charge in [0.05, 0.1) is 25.5 Å². The first-order valence-corrected chi connectivity index (χ1v) is 8.77. The smallest absolute Gasteiger partial charge is 0.320 e. The number of amides is 2. The van der Waals surface area contributed by atoms with Gasteiger partial charge in [0.25, 0.3) is 0 Å². The maximum Gasteiger partial charge on any atom is 0.320 e. The van der Waals surface area contributed by atoms with Gasteiger partial charge in [0.2, 0.25) is 0 Å². The van der Waals surface area contributed by atoms with Gasteiger partial charge < -0.3 is 10.1 Å². The zero-order chi connectivity index (χ0) is 19.2. The molecule has 8 nitrogen and oxygen atoms in total. The number of rotatable bonds is 7. The molecule has 2 aromatic heterocycles. The number of hydrogen-bond donors (Lipinski definition) is 3. The van der Waals surface area contributed by atoms with Crippen LogP contribution in [0.4, 0.5) is 10.6 Å². The fraction of sp³-hybridized carbons (Fsp3) is 0.316. The van der Waals surface area contributed by atoms with Crippen molar-refractivity contribution in [1.29, 1.82) is 0 Å². The molecule has 3 rings (SSSR count). The predicted molar refractivity (Wildman–Crippen MR) is 103 cm³/mol. The molecule has 0 radical (unpaired) electrons. The van der Waals surface area contributed by atoms with Crippen molar-refractivity contribution < 1.29 is 9.53 Å². The molecule has 27 heavy (non-hydrogen) atoms. The van der Waals surface area contributed by atoms with Gasteiger partial charge in [-0.1, -0.05) is 18.2 Å². The van der Waals surface area contributed by atoms with E-state index < -0.39 is 0 Å². The Morgan fingerprint density at radius 1 is 1.33 bits per heavy atom. The van der Waals surface area contributed by atoms with E-state index in [1.54, 1.807) is 24.1 Å². The van der Waals surface area contributed by atoms with Crippen molar-refractivity contribution in [3.63, 3.8) is 0 Å². The fourth-order valence-electron chi connectivity index (χ4n) is 2.88. The van der Waals surface area contributed by atoms with Crippen molar-refractivity contribution in [3.8, 4) is 5.75 Å². The molecule has 1 unspecified atom stereocenters. The lowest BCUT2D eigenvalue weighted by Gasteiger charge is -2.15. The number of nitrogens with one attached hydrogen (secondary N) is 3. The summed E-state index contributed by atoms with van der Waals surface area (Å²) in [5.74, 6) is 1.40. The molecule has 1 aromatic carbocycles. The normalized spacial score (nSPS) is 11.8. The highest BCUT2D eigenvalue weighted by molar-refractivity contribution is 5.88. The minimum Gasteiger partial charge on any atom is -0.496 e. The molecule has 0 fully saturated rings. The van der Waals surface area contributed by atoms with Gasteiger partial charge in [-0.2, -0.15) is 10.2 Å². The van der Waals surface area contributed by atoms with Gasteiger partial charge >= 0.3 is 6.03 Å². The van der Waals surface area contributed by atoms with Gasteiger partial charge in [-0.05, 0) is 26.0 Å². The molecule has 0 aliphatic rings. The van der Waals surface area contributed by atoms with Crippen molar-refractivity contribution >= 4 is 11.8 Å². The number of carbonyl (C=O) groups excluding carboxylic acids is 1. The first-order valence-electron chi connectivity index (χ1n) is 8.77. The van der Waals surface area contributed by atoms with E-state index in [0.717, 1.165) is 22.7 Å². The van der Waals surface area contributed by atoms with Crippen LogP contribution >= 0.6 is 0 Å². The van der Waals surface area contributed by atoms with E-state index >= 15 is 0 Å². The van der Waals surface area contributed by atoms with E-state index in [4.69, 9.17) is 4.74 Å². The molecule has 1 atom stereocenters. The lowest BCUT2D eigenvalue weighted by Crippen LogP contribution is -2.37. The maximum absolute atomic E-state index is 12.3. The Hall–Kier alpha value is -3.29. The summed E-state index contributed by atoms with van der Waals surface area (Å²) in [6.07, 6.45) is 2.30. The van der Waals surface area contributed by atoms with Crippen LogP contribution in [0.5, 0.6) is 5.75 Å². The summed E-state index contributed by atoms with van der Waals surface area (Å²) in [5.41, 5.74) is 2.90. The van der Waals surface area contributed by atoms with E-state index in [-0.39, 0.29) is 12.1 Å². The third-order valence-electron chi connectivity index (χ3n) is 4.12. The molecule has 2 heterocycles. The van der Waals surface area contributed by atoms with Crippen molar-refractivity contribution in [3.05, 3.63) is 59.5 Å². The Balaban J connectivity index is 1.59. The van der Waals surface area contributed by atoms with Crippen LogP contribution in [-0.2, 0) is 13.0 Å². The molecule has 0 spiro atoms. The Kier molecular flexibility index (Phi) is 5.75. The number of ether oxygens (including phenoxy) is 1. The highest BCUT2D eigenvalue weighted by Gasteiger charge is 2.13. The summed E-state index contributed by atoms with van der Waals surface area (Å²) < 4.78 is 7.10. The summed E-state index contributed by atoms with van der Waals surface area (Å²) in [6.45, 7) is 4.38. The van der Waals surface area contributed by atoms with E-state index in [1.165, 1.54) is 0 Å². The zero-order valence-corrected chi connectivity index (χ0v) is 15.7. The third kappa shape index (κ3) is 4.87. The van der Waals surface area contributed by atoms with Gasteiger partial charge in [-0.3, -0.25) is 10.4 Å². The Morgan fingerprint density at radius 3 is 2.89 bits per heavy atom. The third-order valence-corrected chi connectivity index (χ3v) is 4.12. The van der Waals surface area contributed by atoms with Gasteiger partial charge in [0.1, 0.15) is 11.6 Å². The van der Waals surface area contributed by atoms with Crippen molar-refractivity contribution in [2.75, 3.05) is 12.4 Å². The van der Waals surface area contributed by atoms with E-state index in [1.807, 2.05) is 44.2 Å². The fourth-order valence-corrected chi connectivity index (χ4v) is 2.88. The molecule has 0 saturated carbocycles. The SMILES string of the molecule is COc1ccccc1Cn1nccc1NC(=O)NC(C)Cc1cc(C)[nH]n1. The van der Waals surface area contributed by atoms with Crippen molar-refractivity contribution in [1.82, 2.24) is 25.3 Å². The Labute approximate surface area is 157 Å². The topological polar surface area (TPSA) is 96.9 Å². The molecular weight excluding hydrogens is 344 g/mol. The number of aryl methyl sites for hydroxylation is 1. The first-order chi connectivity index (χ1) is 13.0. The Bertz CT molecular complexity index is 901. The second kappa shape index (κ2) is 8.39. The zero-order valence-electron chi connectivity index (χ0n) is 15.7. The number of H-pyrrole nitrogens is 1. The second-order valence-corrected chi connectivity index (χ2v) is 6.43. The largest absolute Gasteiger partial charge is 0.496 e. The van der Waals surface area contributed by atoms with Crippen LogP contribution < -0.4 is 15.4 Å². The lowest BCUT2D eigenvalue weighted by atomic mass is 10.2. The second-order valence-electron chi connectivity index (χ2n) is 6.43. The van der Waals surface area contributed by atoms with Crippen molar-refractivity contribution in [2.24, 2.45) is 0 Å². The number of benzene rings is 1. The minimum atomic E-state index is -0.281. The van der Waals surface area contributed by atoms with Crippen LogP contribution in [0.1, 0.15) is 23.9 Å². The minimum absolute atomic E-state index is 0.0571. The van der Waals surface area contributed by atoms with Crippen molar-refractivity contribution in [2.45, 2.75) is 32.9 Å². The number of hydrogen-bond acceptors (Lipinski definition) is 4. The molecule has 0 aliphatic carbocycles. The van der Waals surface area contributed by atoms with Gasteiger partial charge in [0, 0.05) is 29.8 Å². The number of para-hydroxylation sites is 1. The quantitative estimate of drug-likeness (QED) is 0.597. The summed E-state index contributed by atoms with van der Waals surface area (Å²) in [5, 5.41) is 17.2. The average molecular weight is 368 g/mol. The highest BCUT2D eigenvalue weighted by atomic mass is 16.5. The monoisotopic (exact) mass is 368 g/mol. The number of urea groups is 1. The molecule has 3 aromatic rings.